The molecule has 0 radical (unpaired) electrons. The molecule has 2 N–H and O–H groups in total. The van der Waals surface area contributed by atoms with Gasteiger partial charge in [0, 0.05) is 37.9 Å². The van der Waals surface area contributed by atoms with Gasteiger partial charge in [-0.15, -0.1) is 0 Å². The summed E-state index contributed by atoms with van der Waals surface area (Å²) in [7, 11) is 0. The number of amides is 2. The van der Waals surface area contributed by atoms with Gasteiger partial charge >= 0.3 is 12.1 Å². The minimum absolute atomic E-state index is 0.0853. The van der Waals surface area contributed by atoms with Gasteiger partial charge in [0.15, 0.2) is 0 Å². The molecule has 2 amide bonds. The van der Waals surface area contributed by atoms with E-state index in [0.717, 1.165) is 30.4 Å². The van der Waals surface area contributed by atoms with E-state index >= 15 is 0 Å². The second-order valence-corrected chi connectivity index (χ2v) is 9.03. The van der Waals surface area contributed by atoms with Gasteiger partial charge in [0.2, 0.25) is 5.91 Å². The standard InChI is InChI=1S/C25H34N2O5/c1-25(2,3)32-24(31)26-21(23(30)27-16-8-5-9-17-27)18-20-14-12-19(13-15-20)10-6-4-7-11-22(28)29/h12-15,21H,4-5,7-9,11,16-18H2,1-3H3,(H,26,31)(H,28,29). The number of unbranched alkanes of at least 4 members (excludes halogenated alkanes) is 1. The second kappa shape index (κ2) is 12.1. The van der Waals surface area contributed by atoms with Crippen molar-refractivity contribution in [3.05, 3.63) is 35.4 Å². The van der Waals surface area contributed by atoms with Gasteiger partial charge < -0.3 is 20.1 Å². The number of carboxylic acid groups (broad SMARTS) is 1. The first-order valence-electron chi connectivity index (χ1n) is 11.2. The molecule has 0 bridgehead atoms. The van der Waals surface area contributed by atoms with E-state index in [1.54, 1.807) is 20.8 Å². The molecule has 0 aromatic heterocycles. The maximum absolute atomic E-state index is 13.1. The second-order valence-electron chi connectivity index (χ2n) is 9.03. The van der Waals surface area contributed by atoms with Crippen LogP contribution in [0.15, 0.2) is 24.3 Å². The summed E-state index contributed by atoms with van der Waals surface area (Å²) in [4.78, 5) is 37.8. The summed E-state index contributed by atoms with van der Waals surface area (Å²) in [6, 6.07) is 6.84. The summed E-state index contributed by atoms with van der Waals surface area (Å²) >= 11 is 0. The van der Waals surface area contributed by atoms with Gasteiger partial charge in [0.05, 0.1) is 0 Å². The van der Waals surface area contributed by atoms with Gasteiger partial charge in [0.1, 0.15) is 11.6 Å². The molecule has 0 saturated carbocycles. The molecule has 2 rings (SSSR count). The SMILES string of the molecule is CC(C)(C)OC(=O)NC(Cc1ccc(C#CCCCC(=O)O)cc1)C(=O)N1CCCCC1. The van der Waals surface area contributed by atoms with Gasteiger partial charge in [-0.2, -0.15) is 0 Å². The highest BCUT2D eigenvalue weighted by Crippen LogP contribution is 2.14. The number of nitrogens with one attached hydrogen (secondary N) is 1. The van der Waals surface area contributed by atoms with E-state index in [4.69, 9.17) is 9.84 Å². The van der Waals surface area contributed by atoms with Gasteiger partial charge in [-0.1, -0.05) is 24.0 Å². The van der Waals surface area contributed by atoms with E-state index in [0.29, 0.717) is 32.4 Å². The third-order valence-corrected chi connectivity index (χ3v) is 4.98. The van der Waals surface area contributed by atoms with Crippen LogP contribution in [0.3, 0.4) is 0 Å². The van der Waals surface area contributed by atoms with Crippen LogP contribution in [0.25, 0.3) is 0 Å². The Morgan fingerprint density at radius 3 is 2.38 bits per heavy atom. The smallest absolute Gasteiger partial charge is 0.408 e. The van der Waals surface area contributed by atoms with Crippen molar-refractivity contribution in [2.75, 3.05) is 13.1 Å². The molecule has 1 unspecified atom stereocenters. The summed E-state index contributed by atoms with van der Waals surface area (Å²) in [5.41, 5.74) is 1.09. The maximum atomic E-state index is 13.1. The lowest BCUT2D eigenvalue weighted by molar-refractivity contribution is -0.137. The molecule has 1 aliphatic heterocycles. The van der Waals surface area contributed by atoms with Crippen molar-refractivity contribution in [3.8, 4) is 11.8 Å². The first-order chi connectivity index (χ1) is 15.1. The molecule has 1 saturated heterocycles. The number of carbonyl (C=O) groups excluding carboxylic acids is 2. The van der Waals surface area contributed by atoms with Gasteiger partial charge in [-0.3, -0.25) is 9.59 Å². The number of aliphatic carboxylic acids is 1. The Morgan fingerprint density at radius 2 is 1.78 bits per heavy atom. The highest BCUT2D eigenvalue weighted by Gasteiger charge is 2.29. The average molecular weight is 443 g/mol. The number of benzene rings is 1. The van der Waals surface area contributed by atoms with Crippen LogP contribution in [0.5, 0.6) is 0 Å². The summed E-state index contributed by atoms with van der Waals surface area (Å²) < 4.78 is 5.37. The number of alkyl carbamates (subject to hydrolysis) is 1. The monoisotopic (exact) mass is 442 g/mol. The van der Waals surface area contributed by atoms with Crippen LogP contribution in [0.1, 0.15) is 70.4 Å². The summed E-state index contributed by atoms with van der Waals surface area (Å²) in [5, 5.41) is 11.4. The van der Waals surface area contributed by atoms with Crippen LogP contribution in [-0.2, 0) is 20.7 Å². The fourth-order valence-electron chi connectivity index (χ4n) is 3.44. The van der Waals surface area contributed by atoms with Gasteiger partial charge in [-0.05, 0) is 64.2 Å². The van der Waals surface area contributed by atoms with E-state index in [9.17, 15) is 14.4 Å². The number of likely N-dealkylation sites (tertiary alicyclic amines) is 1. The normalized spacial score (nSPS) is 14.7. The molecule has 1 fully saturated rings. The molecular formula is C25H34N2O5. The Bertz CT molecular complexity index is 840. The molecule has 1 atom stereocenters. The van der Waals surface area contributed by atoms with E-state index in [2.05, 4.69) is 17.2 Å². The van der Waals surface area contributed by atoms with Crippen LogP contribution in [0, 0.1) is 11.8 Å². The number of rotatable bonds is 7. The van der Waals surface area contributed by atoms with Crippen LogP contribution >= 0.6 is 0 Å². The van der Waals surface area contributed by atoms with E-state index < -0.39 is 23.7 Å². The lowest BCUT2D eigenvalue weighted by atomic mass is 10.0. The number of piperidine rings is 1. The molecule has 174 valence electrons. The fraction of sp³-hybridized carbons (Fsp3) is 0.560. The van der Waals surface area contributed by atoms with Crippen LogP contribution in [0.4, 0.5) is 4.79 Å². The number of hydrogen-bond donors (Lipinski definition) is 2. The molecule has 32 heavy (non-hydrogen) atoms. The molecule has 1 aliphatic rings. The zero-order valence-electron chi connectivity index (χ0n) is 19.3. The molecule has 7 nitrogen and oxygen atoms in total. The summed E-state index contributed by atoms with van der Waals surface area (Å²) in [5.74, 6) is 5.10. The lowest BCUT2D eigenvalue weighted by Gasteiger charge is -2.31. The topological polar surface area (TPSA) is 95.9 Å². The number of nitrogens with zero attached hydrogens (tertiary/aromatic N) is 1. The van der Waals surface area contributed by atoms with Crippen LogP contribution in [-0.4, -0.2) is 52.7 Å². The minimum atomic E-state index is -0.815. The Morgan fingerprint density at radius 1 is 1.12 bits per heavy atom. The molecular weight excluding hydrogens is 408 g/mol. The molecule has 7 heteroatoms. The van der Waals surface area contributed by atoms with Crippen molar-refractivity contribution in [1.29, 1.82) is 0 Å². The van der Waals surface area contributed by atoms with Crippen molar-refractivity contribution in [1.82, 2.24) is 10.2 Å². The quantitative estimate of drug-likeness (QED) is 0.495. The summed E-state index contributed by atoms with van der Waals surface area (Å²) in [6.07, 6.45) is 4.00. The maximum Gasteiger partial charge on any atom is 0.408 e. The molecule has 0 aliphatic carbocycles. The number of hydrogen-bond acceptors (Lipinski definition) is 4. The third-order valence-electron chi connectivity index (χ3n) is 4.98. The van der Waals surface area contributed by atoms with Gasteiger partial charge in [0.25, 0.3) is 0 Å². The average Bonchev–Trinajstić information content (AvgIpc) is 2.72. The first-order valence-corrected chi connectivity index (χ1v) is 11.2. The number of carboxylic acids is 1. The van der Waals surface area contributed by atoms with Gasteiger partial charge in [-0.25, -0.2) is 4.79 Å². The zero-order valence-corrected chi connectivity index (χ0v) is 19.3. The predicted octanol–water partition coefficient (Wildman–Crippen LogP) is 3.74. The molecule has 1 aromatic rings. The number of carbonyl (C=O) groups is 3. The third kappa shape index (κ3) is 9.42. The molecule has 1 heterocycles. The van der Waals surface area contributed by atoms with E-state index in [1.165, 1.54) is 0 Å². The highest BCUT2D eigenvalue weighted by atomic mass is 16.6. The van der Waals surface area contributed by atoms with Crippen LogP contribution < -0.4 is 5.32 Å². The Kier molecular flexibility index (Phi) is 9.58. The zero-order chi connectivity index (χ0) is 23.6. The lowest BCUT2D eigenvalue weighted by Crippen LogP contribution is -2.51. The summed E-state index contributed by atoms with van der Waals surface area (Å²) in [6.45, 7) is 6.78. The Labute approximate surface area is 190 Å². The minimum Gasteiger partial charge on any atom is -0.481 e. The van der Waals surface area contributed by atoms with Crippen molar-refractivity contribution in [3.63, 3.8) is 0 Å². The largest absolute Gasteiger partial charge is 0.481 e. The van der Waals surface area contributed by atoms with Crippen molar-refractivity contribution >= 4 is 18.0 Å². The van der Waals surface area contributed by atoms with Crippen molar-refractivity contribution in [2.24, 2.45) is 0 Å². The molecule has 1 aromatic carbocycles. The Hall–Kier alpha value is -3.01. The predicted molar refractivity (Wildman–Crippen MR) is 122 cm³/mol. The van der Waals surface area contributed by atoms with E-state index in [-0.39, 0.29) is 12.3 Å². The molecule has 0 spiro atoms. The van der Waals surface area contributed by atoms with E-state index in [1.807, 2.05) is 29.2 Å². The van der Waals surface area contributed by atoms with Crippen molar-refractivity contribution < 1.29 is 24.2 Å². The number of ether oxygens (including phenoxy) is 1. The highest BCUT2D eigenvalue weighted by molar-refractivity contribution is 5.86. The van der Waals surface area contributed by atoms with Crippen LogP contribution in [0.2, 0.25) is 0 Å². The fourth-order valence-corrected chi connectivity index (χ4v) is 3.44. The van der Waals surface area contributed by atoms with Crippen molar-refractivity contribution in [2.45, 2.75) is 77.4 Å². The first kappa shape index (κ1) is 25.3. The Balaban J connectivity index is 2.04.